The van der Waals surface area contributed by atoms with Crippen molar-refractivity contribution in [3.05, 3.63) is 47.4 Å². The average molecular weight is 369 g/mol. The van der Waals surface area contributed by atoms with Gasteiger partial charge in [-0.3, -0.25) is 4.79 Å². The van der Waals surface area contributed by atoms with Crippen molar-refractivity contribution in [3.8, 4) is 0 Å². The Morgan fingerprint density at radius 2 is 1.79 bits per heavy atom. The number of nitrogens with one attached hydrogen (secondary N) is 1. The van der Waals surface area contributed by atoms with Crippen LogP contribution in [0.2, 0.25) is 5.22 Å². The maximum absolute atomic E-state index is 12.9. The number of benzene rings is 1. The van der Waals surface area contributed by atoms with Gasteiger partial charge in [0.15, 0.2) is 11.0 Å². The lowest BCUT2D eigenvalue weighted by Gasteiger charge is -2.26. The number of hydrogen-bond acceptors (Lipinski definition) is 4. The Morgan fingerprint density at radius 1 is 1.08 bits per heavy atom. The molecular formula is C16H17ClN2O4S. The lowest BCUT2D eigenvalue weighted by Crippen LogP contribution is -2.36. The second kappa shape index (κ2) is 6.96. The van der Waals surface area contributed by atoms with E-state index < -0.39 is 15.9 Å². The second-order valence-corrected chi connectivity index (χ2v) is 7.80. The number of carbonyl (C=O) groups is 1. The maximum atomic E-state index is 12.9. The quantitative estimate of drug-likeness (QED) is 0.897. The van der Waals surface area contributed by atoms with Gasteiger partial charge in [0.25, 0.3) is 5.91 Å². The van der Waals surface area contributed by atoms with E-state index in [-0.39, 0.29) is 21.6 Å². The lowest BCUT2D eigenvalue weighted by atomic mass is 10.2. The fraction of sp³-hybridized carbons (Fsp3) is 0.312. The molecule has 1 aromatic carbocycles. The highest BCUT2D eigenvalue weighted by molar-refractivity contribution is 7.89. The van der Waals surface area contributed by atoms with Crippen LogP contribution in [-0.4, -0.2) is 31.7 Å². The molecule has 0 spiro atoms. The Labute approximate surface area is 145 Å². The van der Waals surface area contributed by atoms with E-state index in [1.165, 1.54) is 22.5 Å². The third-order valence-electron chi connectivity index (χ3n) is 3.87. The summed E-state index contributed by atoms with van der Waals surface area (Å²) in [7, 11) is -3.65. The van der Waals surface area contributed by atoms with Crippen LogP contribution < -0.4 is 5.32 Å². The molecule has 0 radical (unpaired) electrons. The minimum atomic E-state index is -3.65. The Hall–Kier alpha value is -1.83. The molecule has 0 saturated carbocycles. The number of halogens is 1. The summed E-state index contributed by atoms with van der Waals surface area (Å²) in [6.45, 7) is 0.997. The summed E-state index contributed by atoms with van der Waals surface area (Å²) in [5, 5.41) is 2.68. The molecule has 1 saturated heterocycles. The van der Waals surface area contributed by atoms with Gasteiger partial charge in [0.2, 0.25) is 10.0 Å². The zero-order chi connectivity index (χ0) is 17.2. The molecule has 1 N–H and O–H groups in total. The molecule has 1 aromatic heterocycles. The average Bonchev–Trinajstić information content (AvgIpc) is 3.03. The van der Waals surface area contributed by atoms with Crippen molar-refractivity contribution in [3.63, 3.8) is 0 Å². The first-order valence-corrected chi connectivity index (χ1v) is 9.46. The molecule has 3 rings (SSSR count). The van der Waals surface area contributed by atoms with E-state index in [2.05, 4.69) is 5.32 Å². The van der Waals surface area contributed by atoms with Gasteiger partial charge in [-0.1, -0.05) is 18.6 Å². The number of rotatable bonds is 4. The van der Waals surface area contributed by atoms with E-state index in [4.69, 9.17) is 16.0 Å². The maximum Gasteiger partial charge on any atom is 0.291 e. The van der Waals surface area contributed by atoms with Crippen molar-refractivity contribution in [2.24, 2.45) is 0 Å². The largest absolute Gasteiger partial charge is 0.440 e. The van der Waals surface area contributed by atoms with Crippen LogP contribution >= 0.6 is 11.6 Å². The molecule has 1 aliphatic heterocycles. The molecule has 0 aliphatic carbocycles. The molecule has 1 aliphatic rings. The normalized spacial score (nSPS) is 16.0. The monoisotopic (exact) mass is 368 g/mol. The molecule has 24 heavy (non-hydrogen) atoms. The van der Waals surface area contributed by atoms with Crippen LogP contribution in [0.3, 0.4) is 0 Å². The summed E-state index contributed by atoms with van der Waals surface area (Å²) in [4.78, 5) is 12.3. The summed E-state index contributed by atoms with van der Waals surface area (Å²) in [6, 6.07) is 9.23. The summed E-state index contributed by atoms with van der Waals surface area (Å²) >= 11 is 5.66. The van der Waals surface area contributed by atoms with Gasteiger partial charge in [0, 0.05) is 13.1 Å². The lowest BCUT2D eigenvalue weighted by molar-refractivity contribution is 0.0996. The van der Waals surface area contributed by atoms with Gasteiger partial charge in [-0.25, -0.2) is 8.42 Å². The molecule has 2 aromatic rings. The molecule has 128 valence electrons. The number of sulfonamides is 1. The fourth-order valence-corrected chi connectivity index (χ4v) is 4.47. The third-order valence-corrected chi connectivity index (χ3v) is 6.03. The Kier molecular flexibility index (Phi) is 4.93. The summed E-state index contributed by atoms with van der Waals surface area (Å²) in [6.07, 6.45) is 2.72. The van der Waals surface area contributed by atoms with Crippen molar-refractivity contribution in [2.75, 3.05) is 18.4 Å². The van der Waals surface area contributed by atoms with Crippen molar-refractivity contribution < 1.29 is 17.6 Å². The molecule has 0 bridgehead atoms. The van der Waals surface area contributed by atoms with Gasteiger partial charge in [-0.2, -0.15) is 4.31 Å². The van der Waals surface area contributed by atoms with E-state index >= 15 is 0 Å². The first-order chi connectivity index (χ1) is 11.5. The van der Waals surface area contributed by atoms with Crippen LogP contribution in [0.15, 0.2) is 45.7 Å². The smallest absolute Gasteiger partial charge is 0.291 e. The molecule has 8 heteroatoms. The molecule has 2 heterocycles. The zero-order valence-corrected chi connectivity index (χ0v) is 14.4. The number of piperidine rings is 1. The molecule has 6 nitrogen and oxygen atoms in total. The number of para-hydroxylation sites is 1. The Balaban J connectivity index is 1.89. The SMILES string of the molecule is O=C(Nc1ccccc1S(=O)(=O)N1CCCCC1)c1ccc(Cl)o1. The van der Waals surface area contributed by atoms with E-state index in [1.54, 1.807) is 18.2 Å². The van der Waals surface area contributed by atoms with E-state index in [9.17, 15) is 13.2 Å². The summed E-state index contributed by atoms with van der Waals surface area (Å²) in [5.41, 5.74) is 0.223. The number of furan rings is 1. The van der Waals surface area contributed by atoms with Crippen LogP contribution in [0.5, 0.6) is 0 Å². The van der Waals surface area contributed by atoms with Gasteiger partial charge >= 0.3 is 0 Å². The van der Waals surface area contributed by atoms with Gasteiger partial charge in [0.05, 0.1) is 5.69 Å². The predicted molar refractivity (Wildman–Crippen MR) is 90.7 cm³/mol. The second-order valence-electron chi connectivity index (χ2n) is 5.52. The van der Waals surface area contributed by atoms with Gasteiger partial charge in [0.1, 0.15) is 4.90 Å². The number of anilines is 1. The third kappa shape index (κ3) is 3.48. The zero-order valence-electron chi connectivity index (χ0n) is 12.9. The van der Waals surface area contributed by atoms with Crippen LogP contribution in [-0.2, 0) is 10.0 Å². The first-order valence-electron chi connectivity index (χ1n) is 7.64. The van der Waals surface area contributed by atoms with Crippen LogP contribution in [0, 0.1) is 0 Å². The highest BCUT2D eigenvalue weighted by atomic mass is 35.5. The molecule has 0 atom stereocenters. The highest BCUT2D eigenvalue weighted by Crippen LogP contribution is 2.27. The molecular weight excluding hydrogens is 352 g/mol. The van der Waals surface area contributed by atoms with Crippen molar-refractivity contribution in [2.45, 2.75) is 24.2 Å². The van der Waals surface area contributed by atoms with Crippen molar-refractivity contribution >= 4 is 33.2 Å². The Morgan fingerprint density at radius 3 is 2.46 bits per heavy atom. The predicted octanol–water partition coefficient (Wildman–Crippen LogP) is 3.36. The van der Waals surface area contributed by atoms with Crippen molar-refractivity contribution in [1.29, 1.82) is 0 Å². The fourth-order valence-electron chi connectivity index (χ4n) is 2.66. The van der Waals surface area contributed by atoms with Crippen LogP contribution in [0.4, 0.5) is 5.69 Å². The highest BCUT2D eigenvalue weighted by Gasteiger charge is 2.28. The van der Waals surface area contributed by atoms with Crippen LogP contribution in [0.1, 0.15) is 29.8 Å². The Bertz CT molecular complexity index is 841. The summed E-state index contributed by atoms with van der Waals surface area (Å²) in [5.74, 6) is -0.534. The molecule has 1 amide bonds. The van der Waals surface area contributed by atoms with Crippen LogP contribution in [0.25, 0.3) is 0 Å². The van der Waals surface area contributed by atoms with Gasteiger partial charge < -0.3 is 9.73 Å². The topological polar surface area (TPSA) is 79.6 Å². The number of hydrogen-bond donors (Lipinski definition) is 1. The minimum Gasteiger partial charge on any atom is -0.440 e. The standard InChI is InChI=1S/C16H17ClN2O4S/c17-15-9-8-13(23-15)16(20)18-12-6-2-3-7-14(12)24(21,22)19-10-4-1-5-11-19/h2-3,6-9H,1,4-5,10-11H2,(H,18,20). The van der Waals surface area contributed by atoms with E-state index in [0.29, 0.717) is 13.1 Å². The molecule has 1 fully saturated rings. The first kappa shape index (κ1) is 17.0. The minimum absolute atomic E-state index is 0.0187. The van der Waals surface area contributed by atoms with E-state index in [0.717, 1.165) is 19.3 Å². The van der Waals surface area contributed by atoms with Gasteiger partial charge in [-0.05, 0) is 48.7 Å². The van der Waals surface area contributed by atoms with E-state index in [1.807, 2.05) is 0 Å². The number of carbonyl (C=O) groups excluding carboxylic acids is 1. The summed E-state index contributed by atoms with van der Waals surface area (Å²) < 4.78 is 32.2. The van der Waals surface area contributed by atoms with Gasteiger partial charge in [-0.15, -0.1) is 0 Å². The van der Waals surface area contributed by atoms with Crippen molar-refractivity contribution in [1.82, 2.24) is 4.31 Å². The number of nitrogens with zero attached hydrogens (tertiary/aromatic N) is 1. The number of amides is 1. The molecule has 0 unspecified atom stereocenters.